The Hall–Kier alpha value is -3.67. The standard InChI is InChI=1S/C30H35ClFN5O5.ClH/c1-19(2)42-27(39)18-41-22-14-20(13-21(32)15-22)17-36(26(38)16-31)10-6-11-37-25(9-12-40-3)35-28-29(37)23-7-4-5-8-24(23)34-30(28)33;/h4-5,7-8,13-15,19H,6,9-12,16-18H2,1-3H3,(H2,33,34);1H. The van der Waals surface area contributed by atoms with E-state index in [1.165, 1.54) is 12.1 Å². The van der Waals surface area contributed by atoms with Crippen LogP contribution in [0.1, 0.15) is 31.7 Å². The third-order valence-electron chi connectivity index (χ3n) is 6.52. The number of anilines is 1. The summed E-state index contributed by atoms with van der Waals surface area (Å²) >= 11 is 5.93. The summed E-state index contributed by atoms with van der Waals surface area (Å²) in [6.07, 6.45) is 0.841. The molecular weight excluding hydrogens is 600 g/mol. The maximum absolute atomic E-state index is 14.4. The highest BCUT2D eigenvalue weighted by Gasteiger charge is 2.19. The largest absolute Gasteiger partial charge is 0.482 e. The molecule has 4 aromatic rings. The van der Waals surface area contributed by atoms with Crippen molar-refractivity contribution in [3.63, 3.8) is 0 Å². The van der Waals surface area contributed by atoms with Crippen LogP contribution in [-0.2, 0) is 38.6 Å². The number of halogens is 3. The number of esters is 1. The second-order valence-corrected chi connectivity index (χ2v) is 10.3. The normalized spacial score (nSPS) is 11.1. The highest BCUT2D eigenvalue weighted by molar-refractivity contribution is 6.27. The molecular formula is C30H36Cl2FN5O5. The first-order valence-corrected chi connectivity index (χ1v) is 14.2. The number of ether oxygens (including phenoxy) is 3. The number of hydrogen-bond acceptors (Lipinski definition) is 8. The van der Waals surface area contributed by atoms with Crippen LogP contribution >= 0.6 is 24.0 Å². The summed E-state index contributed by atoms with van der Waals surface area (Å²) in [5, 5.41) is 0.927. The van der Waals surface area contributed by atoms with Gasteiger partial charge in [0, 0.05) is 44.6 Å². The molecule has 4 rings (SSSR count). The van der Waals surface area contributed by atoms with Gasteiger partial charge in [0.05, 0.1) is 23.7 Å². The molecule has 2 heterocycles. The molecule has 43 heavy (non-hydrogen) atoms. The number of amides is 1. The second kappa shape index (κ2) is 15.7. The number of hydrogen-bond donors (Lipinski definition) is 1. The predicted molar refractivity (Wildman–Crippen MR) is 166 cm³/mol. The van der Waals surface area contributed by atoms with Gasteiger partial charge >= 0.3 is 5.97 Å². The fourth-order valence-electron chi connectivity index (χ4n) is 4.78. The van der Waals surface area contributed by atoms with E-state index in [4.69, 9.17) is 36.5 Å². The Balaban J connectivity index is 0.00000506. The first-order chi connectivity index (χ1) is 20.2. The molecule has 0 radical (unpaired) electrons. The lowest BCUT2D eigenvalue weighted by Gasteiger charge is -2.23. The van der Waals surface area contributed by atoms with Crippen molar-refractivity contribution in [1.29, 1.82) is 0 Å². The van der Waals surface area contributed by atoms with Crippen LogP contribution < -0.4 is 10.5 Å². The van der Waals surface area contributed by atoms with E-state index in [0.717, 1.165) is 22.2 Å². The van der Waals surface area contributed by atoms with E-state index in [2.05, 4.69) is 9.55 Å². The van der Waals surface area contributed by atoms with Crippen LogP contribution in [0.3, 0.4) is 0 Å². The van der Waals surface area contributed by atoms with E-state index in [-0.39, 0.29) is 49.2 Å². The number of carbonyl (C=O) groups excluding carboxylic acids is 2. The number of para-hydroxylation sites is 1. The van der Waals surface area contributed by atoms with Crippen molar-refractivity contribution in [2.75, 3.05) is 38.5 Å². The van der Waals surface area contributed by atoms with Crippen molar-refractivity contribution in [2.24, 2.45) is 0 Å². The summed E-state index contributed by atoms with van der Waals surface area (Å²) in [6, 6.07) is 11.8. The minimum atomic E-state index is -0.558. The number of benzene rings is 2. The van der Waals surface area contributed by atoms with Crippen molar-refractivity contribution in [2.45, 2.75) is 45.9 Å². The molecule has 232 valence electrons. The molecule has 0 aliphatic rings. The van der Waals surface area contributed by atoms with Gasteiger partial charge in [-0.05, 0) is 44.0 Å². The quantitative estimate of drug-likeness (QED) is 0.153. The zero-order valence-electron chi connectivity index (χ0n) is 24.3. The number of aromatic nitrogens is 3. The van der Waals surface area contributed by atoms with Crippen LogP contribution in [0.2, 0.25) is 0 Å². The molecule has 2 N–H and O–H groups in total. The van der Waals surface area contributed by atoms with Crippen molar-refractivity contribution in [1.82, 2.24) is 19.4 Å². The Kier molecular flexibility index (Phi) is 12.4. The monoisotopic (exact) mass is 635 g/mol. The summed E-state index contributed by atoms with van der Waals surface area (Å²) in [4.78, 5) is 35.5. The topological polar surface area (TPSA) is 122 Å². The van der Waals surface area contributed by atoms with Gasteiger partial charge in [-0.2, -0.15) is 0 Å². The summed E-state index contributed by atoms with van der Waals surface area (Å²) in [5.74, 6) is -0.315. The van der Waals surface area contributed by atoms with Gasteiger partial charge in [-0.25, -0.2) is 19.2 Å². The number of methoxy groups -OCH3 is 1. The fraction of sp³-hybridized carbons (Fsp3) is 0.400. The lowest BCUT2D eigenvalue weighted by Crippen LogP contribution is -2.33. The zero-order chi connectivity index (χ0) is 30.2. The van der Waals surface area contributed by atoms with E-state index < -0.39 is 11.8 Å². The van der Waals surface area contributed by atoms with Crippen LogP contribution in [0, 0.1) is 5.82 Å². The van der Waals surface area contributed by atoms with Gasteiger partial charge in [0.1, 0.15) is 28.8 Å². The Morgan fingerprint density at radius 1 is 1.16 bits per heavy atom. The molecule has 2 aromatic heterocycles. The average Bonchev–Trinajstić information content (AvgIpc) is 3.32. The maximum atomic E-state index is 14.4. The summed E-state index contributed by atoms with van der Waals surface area (Å²) < 4.78 is 32.3. The molecule has 0 atom stereocenters. The third-order valence-corrected chi connectivity index (χ3v) is 6.75. The first-order valence-electron chi connectivity index (χ1n) is 13.7. The lowest BCUT2D eigenvalue weighted by atomic mass is 10.1. The summed E-state index contributed by atoms with van der Waals surface area (Å²) in [6.45, 7) is 4.56. The lowest BCUT2D eigenvalue weighted by molar-refractivity contribution is -0.149. The van der Waals surface area contributed by atoms with Gasteiger partial charge in [0.25, 0.3) is 0 Å². The second-order valence-electron chi connectivity index (χ2n) is 10.1. The van der Waals surface area contributed by atoms with Crippen LogP contribution in [0.25, 0.3) is 21.9 Å². The fourth-order valence-corrected chi connectivity index (χ4v) is 4.95. The number of pyridine rings is 1. The van der Waals surface area contributed by atoms with Crippen LogP contribution in [-0.4, -0.2) is 70.2 Å². The number of carbonyl (C=O) groups is 2. The number of nitrogens with two attached hydrogens (primary N) is 1. The molecule has 0 saturated carbocycles. The van der Waals surface area contributed by atoms with Gasteiger partial charge in [0.2, 0.25) is 5.91 Å². The van der Waals surface area contributed by atoms with E-state index >= 15 is 0 Å². The number of alkyl halides is 1. The highest BCUT2D eigenvalue weighted by Crippen LogP contribution is 2.29. The van der Waals surface area contributed by atoms with Crippen molar-refractivity contribution >= 4 is 63.6 Å². The molecule has 0 spiro atoms. The number of nitrogen functional groups attached to an aromatic ring is 1. The minimum Gasteiger partial charge on any atom is -0.482 e. The van der Waals surface area contributed by atoms with E-state index in [9.17, 15) is 14.0 Å². The number of imidazole rings is 1. The number of rotatable bonds is 14. The molecule has 0 saturated heterocycles. The Bertz CT molecular complexity index is 1570. The maximum Gasteiger partial charge on any atom is 0.344 e. The Morgan fingerprint density at radius 3 is 2.65 bits per heavy atom. The average molecular weight is 637 g/mol. The predicted octanol–water partition coefficient (Wildman–Crippen LogP) is 4.90. The SMILES string of the molecule is COCCc1nc2c(N)nc3ccccc3c2n1CCCN(Cc1cc(F)cc(OCC(=O)OC(C)C)c1)C(=O)CCl.Cl. The molecule has 0 aliphatic carbocycles. The molecule has 0 fully saturated rings. The zero-order valence-corrected chi connectivity index (χ0v) is 25.9. The highest BCUT2D eigenvalue weighted by atomic mass is 35.5. The molecule has 0 aliphatic heterocycles. The van der Waals surface area contributed by atoms with E-state index in [0.29, 0.717) is 49.4 Å². The van der Waals surface area contributed by atoms with E-state index in [1.807, 2.05) is 24.3 Å². The number of nitrogens with zero attached hydrogens (tertiary/aromatic N) is 4. The molecule has 13 heteroatoms. The number of aryl methyl sites for hydroxylation is 1. The van der Waals surface area contributed by atoms with Gasteiger partial charge in [-0.3, -0.25) is 4.79 Å². The third kappa shape index (κ3) is 8.68. The van der Waals surface area contributed by atoms with Crippen molar-refractivity contribution in [3.8, 4) is 5.75 Å². The first kappa shape index (κ1) is 33.8. The Morgan fingerprint density at radius 2 is 1.93 bits per heavy atom. The smallest absolute Gasteiger partial charge is 0.344 e. The molecule has 10 nitrogen and oxygen atoms in total. The van der Waals surface area contributed by atoms with Gasteiger partial charge in [0.15, 0.2) is 12.4 Å². The molecule has 0 bridgehead atoms. The van der Waals surface area contributed by atoms with Crippen LogP contribution in [0.5, 0.6) is 5.75 Å². The minimum absolute atomic E-state index is 0. The van der Waals surface area contributed by atoms with Gasteiger partial charge in [-0.15, -0.1) is 24.0 Å². The molecule has 0 unspecified atom stereocenters. The molecule has 2 aromatic carbocycles. The Labute approximate surface area is 260 Å². The summed E-state index contributed by atoms with van der Waals surface area (Å²) in [7, 11) is 1.63. The van der Waals surface area contributed by atoms with E-state index in [1.54, 1.807) is 31.9 Å². The van der Waals surface area contributed by atoms with Crippen LogP contribution in [0.4, 0.5) is 10.2 Å². The molecule has 1 amide bonds. The number of fused-ring (bicyclic) bond motifs is 3. The summed E-state index contributed by atoms with van der Waals surface area (Å²) in [5.41, 5.74) is 9.05. The van der Waals surface area contributed by atoms with Crippen molar-refractivity contribution < 1.29 is 28.2 Å². The van der Waals surface area contributed by atoms with Gasteiger partial charge in [-0.1, -0.05) is 18.2 Å². The van der Waals surface area contributed by atoms with Gasteiger partial charge < -0.3 is 29.4 Å². The van der Waals surface area contributed by atoms with Crippen molar-refractivity contribution in [3.05, 3.63) is 59.7 Å². The van der Waals surface area contributed by atoms with Crippen LogP contribution in [0.15, 0.2) is 42.5 Å².